The van der Waals surface area contributed by atoms with Crippen LogP contribution in [0, 0.1) is 0 Å². The lowest BCUT2D eigenvalue weighted by atomic mass is 10.0. The number of hydrogen-bond acceptors (Lipinski definition) is 6. The third-order valence-electron chi connectivity index (χ3n) is 4.83. The molecule has 0 aliphatic carbocycles. The van der Waals surface area contributed by atoms with E-state index in [-0.39, 0.29) is 5.91 Å². The number of ether oxygens (including phenoxy) is 2. The molecule has 0 saturated carbocycles. The largest absolute Gasteiger partial charge is 0.546 e. The number of amides is 1. The average Bonchev–Trinajstić information content (AvgIpc) is 2.78. The van der Waals surface area contributed by atoms with Gasteiger partial charge >= 0.3 is 0 Å². The molecule has 1 aliphatic heterocycles. The number of aliphatic carboxylic acids is 1. The summed E-state index contributed by atoms with van der Waals surface area (Å²) in [6, 6.07) is 21.4. The molecule has 30 heavy (non-hydrogen) atoms. The zero-order chi connectivity index (χ0) is 21.1. The maximum atomic E-state index is 13.5. The van der Waals surface area contributed by atoms with Gasteiger partial charge in [0.1, 0.15) is 24.3 Å². The molecule has 7 heteroatoms. The van der Waals surface area contributed by atoms with Crippen LogP contribution in [0.25, 0.3) is 0 Å². The molecule has 0 bridgehead atoms. The number of anilines is 2. The van der Waals surface area contributed by atoms with Gasteiger partial charge in [-0.1, -0.05) is 42.5 Å². The molecule has 4 rings (SSSR count). The number of benzene rings is 3. The van der Waals surface area contributed by atoms with Crippen LogP contribution in [0.1, 0.15) is 22.1 Å². The highest BCUT2D eigenvalue weighted by Gasteiger charge is 2.36. The fourth-order valence-corrected chi connectivity index (χ4v) is 3.52. The number of carboxylic acids is 1. The van der Waals surface area contributed by atoms with Gasteiger partial charge in [-0.25, -0.2) is 0 Å². The Bertz CT molecular complexity index is 1100. The minimum Gasteiger partial charge on any atom is -0.546 e. The van der Waals surface area contributed by atoms with Crippen molar-refractivity contribution in [2.75, 3.05) is 23.9 Å². The van der Waals surface area contributed by atoms with Crippen molar-refractivity contribution in [2.24, 2.45) is 0 Å². The van der Waals surface area contributed by atoms with Crippen LogP contribution in [-0.2, 0) is 4.79 Å². The monoisotopic (exact) mass is 403 g/mol. The van der Waals surface area contributed by atoms with Crippen LogP contribution < -0.4 is 24.8 Å². The van der Waals surface area contributed by atoms with Gasteiger partial charge in [-0.05, 0) is 30.3 Å². The fraction of sp³-hybridized carbons (Fsp3) is 0.130. The molecule has 1 aliphatic rings. The number of carbonyl (C=O) groups excluding carboxylic acids is 2. The van der Waals surface area contributed by atoms with Crippen LogP contribution in [0.2, 0.25) is 0 Å². The van der Waals surface area contributed by atoms with Crippen molar-refractivity contribution < 1.29 is 24.2 Å². The summed E-state index contributed by atoms with van der Waals surface area (Å²) >= 11 is 0. The molecule has 0 fully saturated rings. The summed E-state index contributed by atoms with van der Waals surface area (Å²) in [5, 5.41) is 14.3. The van der Waals surface area contributed by atoms with E-state index in [1.807, 2.05) is 24.3 Å². The summed E-state index contributed by atoms with van der Waals surface area (Å²) in [6.07, 6.45) is -0.651. The van der Waals surface area contributed by atoms with E-state index in [1.54, 1.807) is 60.5 Å². The lowest BCUT2D eigenvalue weighted by Gasteiger charge is -2.39. The highest BCUT2D eigenvalue weighted by Crippen LogP contribution is 2.42. The molecule has 1 atom stereocenters. The topological polar surface area (TPSA) is 90.9 Å². The number of carboxylic acid groups (broad SMARTS) is 1. The molecule has 1 amide bonds. The Balaban J connectivity index is 1.86. The summed E-state index contributed by atoms with van der Waals surface area (Å²) in [5.41, 5.74) is 2.38. The molecule has 3 aromatic carbocycles. The summed E-state index contributed by atoms with van der Waals surface area (Å²) in [6.45, 7) is -0.594. The maximum absolute atomic E-state index is 13.5. The third-order valence-corrected chi connectivity index (χ3v) is 4.83. The van der Waals surface area contributed by atoms with Gasteiger partial charge in [0.15, 0.2) is 0 Å². The lowest BCUT2D eigenvalue weighted by molar-refractivity contribution is -0.307. The van der Waals surface area contributed by atoms with E-state index in [1.165, 1.54) is 0 Å². The number of fused-ring (bicyclic) bond motifs is 1. The van der Waals surface area contributed by atoms with Crippen LogP contribution >= 0.6 is 0 Å². The van der Waals surface area contributed by atoms with Crippen LogP contribution in [0.3, 0.4) is 0 Å². The minimum atomic E-state index is -1.33. The quantitative estimate of drug-likeness (QED) is 0.680. The van der Waals surface area contributed by atoms with Gasteiger partial charge in [0.05, 0.1) is 24.3 Å². The number of carbonyl (C=O) groups is 2. The van der Waals surface area contributed by atoms with E-state index in [4.69, 9.17) is 9.47 Å². The molecular weight excluding hydrogens is 384 g/mol. The smallest absolute Gasteiger partial charge is 0.262 e. The first-order valence-electron chi connectivity index (χ1n) is 9.34. The predicted octanol–water partition coefficient (Wildman–Crippen LogP) is 2.59. The molecule has 3 aromatic rings. The van der Waals surface area contributed by atoms with Gasteiger partial charge in [-0.2, -0.15) is 0 Å². The van der Waals surface area contributed by atoms with Crippen LogP contribution in [0.5, 0.6) is 11.5 Å². The lowest BCUT2D eigenvalue weighted by Crippen LogP contribution is -2.43. The van der Waals surface area contributed by atoms with Gasteiger partial charge in [-0.15, -0.1) is 0 Å². The number of rotatable bonds is 6. The van der Waals surface area contributed by atoms with Gasteiger partial charge in [-0.3, -0.25) is 9.69 Å². The second-order valence-electron chi connectivity index (χ2n) is 6.64. The molecule has 7 nitrogen and oxygen atoms in total. The number of nitrogens with one attached hydrogen (secondary N) is 1. The fourth-order valence-electron chi connectivity index (χ4n) is 3.52. The predicted molar refractivity (Wildman–Crippen MR) is 110 cm³/mol. The number of methoxy groups -OCH3 is 1. The highest BCUT2D eigenvalue weighted by atomic mass is 16.5. The Morgan fingerprint density at radius 2 is 1.67 bits per heavy atom. The molecule has 0 spiro atoms. The highest BCUT2D eigenvalue weighted by molar-refractivity contribution is 6.12. The third kappa shape index (κ3) is 3.53. The van der Waals surface area contributed by atoms with E-state index >= 15 is 0 Å². The van der Waals surface area contributed by atoms with Crippen LogP contribution in [0.4, 0.5) is 11.4 Å². The van der Waals surface area contributed by atoms with Crippen LogP contribution in [-0.4, -0.2) is 25.6 Å². The molecule has 1 heterocycles. The zero-order valence-electron chi connectivity index (χ0n) is 16.2. The second-order valence-corrected chi connectivity index (χ2v) is 6.64. The van der Waals surface area contributed by atoms with Gasteiger partial charge < -0.3 is 24.7 Å². The first kappa shape index (κ1) is 19.3. The Hall–Kier alpha value is -4.00. The van der Waals surface area contributed by atoms with Crippen molar-refractivity contribution >= 4 is 23.3 Å². The van der Waals surface area contributed by atoms with E-state index in [0.29, 0.717) is 34.0 Å². The Kier molecular flexibility index (Phi) is 5.26. The van der Waals surface area contributed by atoms with E-state index in [2.05, 4.69) is 5.32 Å². The Labute approximate surface area is 173 Å². The average molecular weight is 403 g/mol. The van der Waals surface area contributed by atoms with Crippen molar-refractivity contribution in [3.63, 3.8) is 0 Å². The molecule has 1 N–H and O–H groups in total. The summed E-state index contributed by atoms with van der Waals surface area (Å²) in [7, 11) is 1.54. The van der Waals surface area contributed by atoms with E-state index in [9.17, 15) is 14.7 Å². The maximum Gasteiger partial charge on any atom is 0.262 e. The standard InChI is InChI=1S/C23H20N2O5/c1-29-20-13-7-5-11-18(20)25-22(24-17-10-4-2-8-15(17)23(25)28)16-9-3-6-12-19(16)30-14-21(26)27/h2-13,22,24H,14H2,1H3,(H,26,27)/p-1/t22-/m1/s1. The summed E-state index contributed by atoms with van der Waals surface area (Å²) in [5.74, 6) is -0.672. The zero-order valence-corrected chi connectivity index (χ0v) is 16.2. The minimum absolute atomic E-state index is 0.214. The van der Waals surface area contributed by atoms with Crippen molar-refractivity contribution in [2.45, 2.75) is 6.17 Å². The molecule has 0 radical (unpaired) electrons. The molecule has 152 valence electrons. The molecule has 0 unspecified atom stereocenters. The Morgan fingerprint density at radius 1 is 1.00 bits per heavy atom. The number of para-hydroxylation sites is 4. The summed E-state index contributed by atoms with van der Waals surface area (Å²) in [4.78, 5) is 26.0. The van der Waals surface area contributed by atoms with Gasteiger partial charge in [0, 0.05) is 11.3 Å². The number of nitrogens with zero attached hydrogens (tertiary/aromatic N) is 1. The first-order chi connectivity index (χ1) is 14.6. The van der Waals surface area contributed by atoms with Crippen molar-refractivity contribution in [3.8, 4) is 11.5 Å². The molecular formula is C23H19N2O5-. The van der Waals surface area contributed by atoms with Crippen molar-refractivity contribution in [1.29, 1.82) is 0 Å². The Morgan fingerprint density at radius 3 is 2.43 bits per heavy atom. The SMILES string of the molecule is COc1ccccc1N1C(=O)c2ccccc2N[C@H]1c1ccccc1OCC(=O)[O-]. The van der Waals surface area contributed by atoms with E-state index < -0.39 is 18.7 Å². The van der Waals surface area contributed by atoms with Gasteiger partial charge in [0.2, 0.25) is 0 Å². The summed E-state index contributed by atoms with van der Waals surface area (Å²) < 4.78 is 10.9. The van der Waals surface area contributed by atoms with Crippen molar-refractivity contribution in [1.82, 2.24) is 0 Å². The first-order valence-corrected chi connectivity index (χ1v) is 9.34. The number of hydrogen-bond donors (Lipinski definition) is 1. The van der Waals surface area contributed by atoms with Gasteiger partial charge in [0.25, 0.3) is 5.91 Å². The van der Waals surface area contributed by atoms with Crippen LogP contribution in [0.15, 0.2) is 72.8 Å². The molecule has 0 saturated heterocycles. The van der Waals surface area contributed by atoms with Crippen molar-refractivity contribution in [3.05, 3.63) is 83.9 Å². The normalized spacial score (nSPS) is 15.2. The molecule has 0 aromatic heterocycles. The van der Waals surface area contributed by atoms with E-state index in [0.717, 1.165) is 0 Å². The second kappa shape index (κ2) is 8.16.